The fourth-order valence-corrected chi connectivity index (χ4v) is 2.46. The van der Waals surface area contributed by atoms with Gasteiger partial charge in [-0.25, -0.2) is 0 Å². The topological polar surface area (TPSA) is 53.6 Å². The van der Waals surface area contributed by atoms with Crippen LogP contribution in [0.15, 0.2) is 24.3 Å². The number of benzene rings is 1. The number of hydrogen-bond donors (Lipinski definition) is 2. The van der Waals surface area contributed by atoms with E-state index < -0.39 is 0 Å². The number of rotatable bonds is 5. The quantitative estimate of drug-likeness (QED) is 0.842. The van der Waals surface area contributed by atoms with Crippen molar-refractivity contribution in [3.8, 4) is 5.75 Å². The molecule has 1 amide bonds. The fraction of sp³-hybridized carbons (Fsp3) is 0.500. The SMILES string of the molecule is CNC(=O)C1CNCCN1CCOc1ccccc1Cl. The Morgan fingerprint density at radius 1 is 1.55 bits per heavy atom. The van der Waals surface area contributed by atoms with E-state index >= 15 is 0 Å². The third-order valence-electron chi connectivity index (χ3n) is 3.38. The lowest BCUT2D eigenvalue weighted by Gasteiger charge is -2.34. The van der Waals surface area contributed by atoms with Crippen molar-refractivity contribution < 1.29 is 9.53 Å². The van der Waals surface area contributed by atoms with E-state index in [1.54, 1.807) is 13.1 Å². The van der Waals surface area contributed by atoms with Crippen molar-refractivity contribution in [1.29, 1.82) is 0 Å². The van der Waals surface area contributed by atoms with Crippen molar-refractivity contribution in [3.05, 3.63) is 29.3 Å². The minimum atomic E-state index is -0.136. The zero-order valence-electron chi connectivity index (χ0n) is 11.6. The maximum atomic E-state index is 11.8. The molecule has 1 aromatic rings. The molecular formula is C14H20ClN3O2. The summed E-state index contributed by atoms with van der Waals surface area (Å²) < 4.78 is 5.68. The molecule has 1 aromatic carbocycles. The van der Waals surface area contributed by atoms with Crippen LogP contribution in [0.2, 0.25) is 5.02 Å². The van der Waals surface area contributed by atoms with Crippen molar-refractivity contribution in [3.63, 3.8) is 0 Å². The summed E-state index contributed by atoms with van der Waals surface area (Å²) in [5.74, 6) is 0.718. The van der Waals surface area contributed by atoms with Gasteiger partial charge >= 0.3 is 0 Å². The van der Waals surface area contributed by atoms with Crippen LogP contribution >= 0.6 is 11.6 Å². The Kier molecular flexibility index (Phi) is 5.64. The molecule has 0 aliphatic carbocycles. The molecule has 1 aliphatic rings. The Labute approximate surface area is 124 Å². The van der Waals surface area contributed by atoms with Gasteiger partial charge in [-0.2, -0.15) is 0 Å². The predicted octanol–water partition coefficient (Wildman–Crippen LogP) is 0.739. The number of piperazine rings is 1. The van der Waals surface area contributed by atoms with Gasteiger partial charge in [-0.1, -0.05) is 23.7 Å². The van der Waals surface area contributed by atoms with E-state index in [9.17, 15) is 4.79 Å². The summed E-state index contributed by atoms with van der Waals surface area (Å²) in [5, 5.41) is 6.54. The van der Waals surface area contributed by atoms with Crippen LogP contribution in [0.1, 0.15) is 0 Å². The molecule has 0 spiro atoms. The molecule has 1 saturated heterocycles. The second-order valence-corrected chi connectivity index (χ2v) is 5.06. The van der Waals surface area contributed by atoms with Gasteiger partial charge in [0.25, 0.3) is 0 Å². The summed E-state index contributed by atoms with van der Waals surface area (Å²) in [7, 11) is 1.66. The number of carbonyl (C=O) groups is 1. The van der Waals surface area contributed by atoms with Crippen LogP contribution in [-0.4, -0.2) is 56.7 Å². The van der Waals surface area contributed by atoms with Crippen LogP contribution in [0.4, 0.5) is 0 Å². The smallest absolute Gasteiger partial charge is 0.238 e. The highest BCUT2D eigenvalue weighted by Gasteiger charge is 2.27. The number of ether oxygens (including phenoxy) is 1. The summed E-state index contributed by atoms with van der Waals surface area (Å²) in [6.07, 6.45) is 0. The third kappa shape index (κ3) is 3.85. The van der Waals surface area contributed by atoms with E-state index in [0.717, 1.165) is 13.1 Å². The van der Waals surface area contributed by atoms with Crippen LogP contribution in [-0.2, 0) is 4.79 Å². The van der Waals surface area contributed by atoms with Crippen LogP contribution in [0, 0.1) is 0 Å². The van der Waals surface area contributed by atoms with Gasteiger partial charge in [-0.15, -0.1) is 0 Å². The summed E-state index contributed by atoms with van der Waals surface area (Å²) >= 11 is 6.03. The molecule has 1 atom stereocenters. The van der Waals surface area contributed by atoms with Crippen molar-refractivity contribution >= 4 is 17.5 Å². The van der Waals surface area contributed by atoms with Crippen LogP contribution in [0.3, 0.4) is 0 Å². The molecule has 1 fully saturated rings. The number of nitrogens with one attached hydrogen (secondary N) is 2. The van der Waals surface area contributed by atoms with Crippen molar-refractivity contribution in [1.82, 2.24) is 15.5 Å². The normalized spacial score (nSPS) is 19.6. The standard InChI is InChI=1S/C14H20ClN3O2/c1-16-14(19)12-10-17-6-7-18(12)8-9-20-13-5-3-2-4-11(13)15/h2-5,12,17H,6-10H2,1H3,(H,16,19). The molecule has 110 valence electrons. The van der Waals surface area contributed by atoms with E-state index in [1.165, 1.54) is 0 Å². The molecule has 6 heteroatoms. The highest BCUT2D eigenvalue weighted by Crippen LogP contribution is 2.22. The average Bonchev–Trinajstić information content (AvgIpc) is 2.49. The monoisotopic (exact) mass is 297 g/mol. The molecule has 5 nitrogen and oxygen atoms in total. The maximum absolute atomic E-state index is 11.8. The molecule has 0 saturated carbocycles. The number of nitrogens with zero attached hydrogens (tertiary/aromatic N) is 1. The van der Waals surface area contributed by atoms with Gasteiger partial charge in [-0.05, 0) is 12.1 Å². The maximum Gasteiger partial charge on any atom is 0.238 e. The Balaban J connectivity index is 1.85. The van der Waals surface area contributed by atoms with Crippen molar-refractivity contribution in [2.45, 2.75) is 6.04 Å². The number of halogens is 1. The van der Waals surface area contributed by atoms with Gasteiger partial charge in [0.15, 0.2) is 0 Å². The molecule has 0 bridgehead atoms. The molecule has 1 unspecified atom stereocenters. The van der Waals surface area contributed by atoms with Gasteiger partial charge in [-0.3, -0.25) is 9.69 Å². The number of likely N-dealkylation sites (N-methyl/N-ethyl adjacent to an activating group) is 1. The molecule has 0 aromatic heterocycles. The first-order valence-corrected chi connectivity index (χ1v) is 7.14. The summed E-state index contributed by atoms with van der Waals surface area (Å²) in [6.45, 7) is 3.61. The summed E-state index contributed by atoms with van der Waals surface area (Å²) in [5.41, 5.74) is 0. The number of para-hydroxylation sites is 1. The Morgan fingerprint density at radius 3 is 3.10 bits per heavy atom. The minimum Gasteiger partial charge on any atom is -0.491 e. The van der Waals surface area contributed by atoms with Gasteiger partial charge in [0, 0.05) is 33.2 Å². The van der Waals surface area contributed by atoms with Gasteiger partial charge in [0.1, 0.15) is 18.4 Å². The Hall–Kier alpha value is -1.30. The largest absolute Gasteiger partial charge is 0.491 e. The predicted molar refractivity (Wildman–Crippen MR) is 79.2 cm³/mol. The van der Waals surface area contributed by atoms with E-state index in [1.807, 2.05) is 18.2 Å². The van der Waals surface area contributed by atoms with E-state index in [-0.39, 0.29) is 11.9 Å². The van der Waals surface area contributed by atoms with Gasteiger partial charge in [0.05, 0.1) is 5.02 Å². The zero-order chi connectivity index (χ0) is 14.4. The van der Waals surface area contributed by atoms with E-state index in [2.05, 4.69) is 15.5 Å². The average molecular weight is 298 g/mol. The fourth-order valence-electron chi connectivity index (χ4n) is 2.27. The van der Waals surface area contributed by atoms with Crippen molar-refractivity contribution in [2.75, 3.05) is 39.8 Å². The second-order valence-electron chi connectivity index (χ2n) is 4.65. The first-order valence-electron chi connectivity index (χ1n) is 6.76. The molecule has 1 heterocycles. The number of hydrogen-bond acceptors (Lipinski definition) is 4. The van der Waals surface area contributed by atoms with Crippen LogP contribution in [0.5, 0.6) is 5.75 Å². The first-order chi connectivity index (χ1) is 9.72. The van der Waals surface area contributed by atoms with Crippen LogP contribution in [0.25, 0.3) is 0 Å². The summed E-state index contributed by atoms with van der Waals surface area (Å²) in [6, 6.07) is 7.27. The third-order valence-corrected chi connectivity index (χ3v) is 3.69. The van der Waals surface area contributed by atoms with Gasteiger partial charge < -0.3 is 15.4 Å². The highest BCUT2D eigenvalue weighted by atomic mass is 35.5. The lowest BCUT2D eigenvalue weighted by molar-refractivity contribution is -0.126. The lowest BCUT2D eigenvalue weighted by atomic mass is 10.2. The Bertz CT molecular complexity index is 456. The highest BCUT2D eigenvalue weighted by molar-refractivity contribution is 6.32. The second kappa shape index (κ2) is 7.47. The lowest BCUT2D eigenvalue weighted by Crippen LogP contribution is -2.58. The first kappa shape index (κ1) is 15.1. The number of amides is 1. The molecule has 2 N–H and O–H groups in total. The van der Waals surface area contributed by atoms with Gasteiger partial charge in [0.2, 0.25) is 5.91 Å². The van der Waals surface area contributed by atoms with E-state index in [0.29, 0.717) is 30.5 Å². The Morgan fingerprint density at radius 2 is 2.35 bits per heavy atom. The molecule has 1 aliphatic heterocycles. The summed E-state index contributed by atoms with van der Waals surface area (Å²) in [4.78, 5) is 13.9. The molecule has 20 heavy (non-hydrogen) atoms. The minimum absolute atomic E-state index is 0.0370. The molecule has 0 radical (unpaired) electrons. The molecular weight excluding hydrogens is 278 g/mol. The van der Waals surface area contributed by atoms with Crippen LogP contribution < -0.4 is 15.4 Å². The molecule has 2 rings (SSSR count). The zero-order valence-corrected chi connectivity index (χ0v) is 12.3. The van der Waals surface area contributed by atoms with Crippen molar-refractivity contribution in [2.24, 2.45) is 0 Å². The number of carbonyl (C=O) groups excluding carboxylic acids is 1. The van der Waals surface area contributed by atoms with E-state index in [4.69, 9.17) is 16.3 Å².